The second-order valence-corrected chi connectivity index (χ2v) is 12.3. The van der Waals surface area contributed by atoms with Crippen LogP contribution in [0.2, 0.25) is 5.02 Å². The zero-order chi connectivity index (χ0) is 26.4. The van der Waals surface area contributed by atoms with Crippen molar-refractivity contribution >= 4 is 34.7 Å². The highest BCUT2D eigenvalue weighted by Crippen LogP contribution is 2.38. The number of likely N-dealkylation sites (tertiary alicyclic amines) is 1. The topological polar surface area (TPSA) is 59.6 Å². The van der Waals surface area contributed by atoms with Crippen LogP contribution in [-0.4, -0.2) is 76.2 Å². The van der Waals surface area contributed by atoms with Crippen molar-refractivity contribution in [2.24, 2.45) is 0 Å². The quantitative estimate of drug-likeness (QED) is 0.535. The summed E-state index contributed by atoms with van der Waals surface area (Å²) in [6, 6.07) is 6.76. The minimum absolute atomic E-state index is 0.0119. The third-order valence-corrected chi connectivity index (χ3v) is 8.62. The average Bonchev–Trinajstić information content (AvgIpc) is 2.78. The van der Waals surface area contributed by atoms with Crippen LogP contribution >= 0.6 is 11.6 Å². The summed E-state index contributed by atoms with van der Waals surface area (Å²) in [6.45, 7) is 15.2. The van der Waals surface area contributed by atoms with E-state index in [-0.39, 0.29) is 22.9 Å². The van der Waals surface area contributed by atoms with Crippen LogP contribution in [0.25, 0.3) is 0 Å². The first-order chi connectivity index (χ1) is 16.8. The average molecular weight is 518 g/mol. The van der Waals surface area contributed by atoms with E-state index in [0.29, 0.717) is 23.1 Å². The fourth-order valence-electron chi connectivity index (χ4n) is 5.76. The standard InChI is InChI=1S/C27H41ClFN7/c1-17-15-36(16-18(2)34(17)7)23-11-19(9-10-21(23)28)32-25-30-14-22(29)24(33-25)31-20-12-26(3,4)35(8)27(5,6)13-20/h9-11,14,17-18,20H,12-13,15-16H2,1-8H3,(H2,30,31,32,33). The summed E-state index contributed by atoms with van der Waals surface area (Å²) in [5, 5.41) is 7.33. The van der Waals surface area contributed by atoms with Crippen LogP contribution in [0.3, 0.4) is 0 Å². The number of benzene rings is 1. The summed E-state index contributed by atoms with van der Waals surface area (Å²) in [5.74, 6) is 0.121. The van der Waals surface area contributed by atoms with Gasteiger partial charge in [0.15, 0.2) is 11.6 Å². The number of piperidine rings is 1. The highest BCUT2D eigenvalue weighted by Gasteiger charge is 2.43. The van der Waals surface area contributed by atoms with Gasteiger partial charge >= 0.3 is 0 Å². The Bertz CT molecular complexity index is 1060. The first-order valence-corrected chi connectivity index (χ1v) is 13.2. The summed E-state index contributed by atoms with van der Waals surface area (Å²) in [4.78, 5) is 15.8. The predicted octanol–water partition coefficient (Wildman–Crippen LogP) is 5.60. The van der Waals surface area contributed by atoms with Gasteiger partial charge in [0.1, 0.15) is 0 Å². The lowest BCUT2D eigenvalue weighted by atomic mass is 9.77. The Morgan fingerprint density at radius 1 is 1.03 bits per heavy atom. The normalized spacial score (nSPS) is 25.1. The molecule has 2 aliphatic heterocycles. The summed E-state index contributed by atoms with van der Waals surface area (Å²) < 4.78 is 14.7. The third-order valence-electron chi connectivity index (χ3n) is 8.30. The van der Waals surface area contributed by atoms with E-state index in [9.17, 15) is 4.39 Å². The van der Waals surface area contributed by atoms with Crippen molar-refractivity contribution in [3.05, 3.63) is 35.2 Å². The molecule has 3 heterocycles. The fraction of sp³-hybridized carbons (Fsp3) is 0.630. The van der Waals surface area contributed by atoms with Gasteiger partial charge in [-0.15, -0.1) is 0 Å². The zero-order valence-electron chi connectivity index (χ0n) is 22.9. The van der Waals surface area contributed by atoms with Gasteiger partial charge in [0.2, 0.25) is 5.95 Å². The predicted molar refractivity (Wildman–Crippen MR) is 148 cm³/mol. The minimum atomic E-state index is -0.452. The molecule has 2 N–H and O–H groups in total. The number of likely N-dealkylation sites (N-methyl/N-ethyl adjacent to an activating group) is 1. The Balaban J connectivity index is 1.52. The van der Waals surface area contributed by atoms with E-state index < -0.39 is 5.82 Å². The Kier molecular flexibility index (Phi) is 7.43. The molecule has 2 unspecified atom stereocenters. The first kappa shape index (κ1) is 26.9. The Labute approximate surface area is 220 Å². The number of halogens is 2. The molecule has 1 aromatic heterocycles. The van der Waals surface area contributed by atoms with E-state index in [1.54, 1.807) is 0 Å². The molecular formula is C27H41ClFN7. The fourth-order valence-corrected chi connectivity index (χ4v) is 6.00. The van der Waals surface area contributed by atoms with Crippen molar-refractivity contribution in [3.8, 4) is 0 Å². The van der Waals surface area contributed by atoms with Gasteiger partial charge in [-0.2, -0.15) is 4.98 Å². The van der Waals surface area contributed by atoms with Gasteiger partial charge in [-0.25, -0.2) is 9.37 Å². The number of rotatable bonds is 5. The molecule has 0 saturated carbocycles. The number of piperazine rings is 1. The van der Waals surface area contributed by atoms with Crippen LogP contribution in [0.4, 0.5) is 27.5 Å². The molecule has 0 radical (unpaired) electrons. The SMILES string of the molecule is CC1CN(c2cc(Nc3ncc(F)c(NC4CC(C)(C)N(C)C(C)(C)C4)n3)ccc2Cl)CC(C)N1C. The molecule has 2 aliphatic rings. The van der Waals surface area contributed by atoms with Gasteiger partial charge < -0.3 is 15.5 Å². The van der Waals surface area contributed by atoms with E-state index in [1.807, 2.05) is 18.2 Å². The maximum Gasteiger partial charge on any atom is 0.229 e. The van der Waals surface area contributed by atoms with Gasteiger partial charge in [-0.1, -0.05) is 11.6 Å². The molecular weight excluding hydrogens is 477 g/mol. The van der Waals surface area contributed by atoms with Gasteiger partial charge in [-0.05, 0) is 86.7 Å². The number of hydrogen-bond donors (Lipinski definition) is 2. The maximum absolute atomic E-state index is 14.7. The number of nitrogens with one attached hydrogen (secondary N) is 2. The molecule has 0 amide bonds. The van der Waals surface area contributed by atoms with Crippen molar-refractivity contribution in [2.75, 3.05) is 42.7 Å². The van der Waals surface area contributed by atoms with E-state index in [1.165, 1.54) is 6.20 Å². The largest absolute Gasteiger partial charge is 0.367 e. The molecule has 4 rings (SSSR count). The molecule has 2 aromatic rings. The molecule has 0 aliphatic carbocycles. The monoisotopic (exact) mass is 517 g/mol. The van der Waals surface area contributed by atoms with Crippen molar-refractivity contribution in [1.29, 1.82) is 0 Å². The van der Waals surface area contributed by atoms with Crippen molar-refractivity contribution in [1.82, 2.24) is 19.8 Å². The molecule has 36 heavy (non-hydrogen) atoms. The van der Waals surface area contributed by atoms with Crippen LogP contribution in [0.5, 0.6) is 0 Å². The van der Waals surface area contributed by atoms with E-state index in [0.717, 1.165) is 37.3 Å². The highest BCUT2D eigenvalue weighted by atomic mass is 35.5. The van der Waals surface area contributed by atoms with Gasteiger partial charge in [0, 0.05) is 48.0 Å². The lowest BCUT2D eigenvalue weighted by Gasteiger charge is -2.53. The van der Waals surface area contributed by atoms with Crippen LogP contribution in [0.15, 0.2) is 24.4 Å². The van der Waals surface area contributed by atoms with Crippen LogP contribution in [-0.2, 0) is 0 Å². The van der Waals surface area contributed by atoms with Gasteiger partial charge in [0.05, 0.1) is 16.9 Å². The number of hydrogen-bond acceptors (Lipinski definition) is 7. The molecule has 2 saturated heterocycles. The molecule has 198 valence electrons. The summed E-state index contributed by atoms with van der Waals surface area (Å²) in [6.07, 6.45) is 3.01. The lowest BCUT2D eigenvalue weighted by Crippen LogP contribution is -2.61. The minimum Gasteiger partial charge on any atom is -0.367 e. The molecule has 1 aromatic carbocycles. The van der Waals surface area contributed by atoms with Crippen molar-refractivity contribution in [2.45, 2.75) is 83.6 Å². The summed E-state index contributed by atoms with van der Waals surface area (Å²) >= 11 is 6.60. The van der Waals surface area contributed by atoms with Crippen LogP contribution in [0, 0.1) is 5.82 Å². The molecule has 2 atom stereocenters. The maximum atomic E-state index is 14.7. The Hall–Kier alpha value is -2.16. The smallest absolute Gasteiger partial charge is 0.229 e. The third kappa shape index (κ3) is 5.55. The molecule has 2 fully saturated rings. The first-order valence-electron chi connectivity index (χ1n) is 12.8. The van der Waals surface area contributed by atoms with Gasteiger partial charge in [0.25, 0.3) is 0 Å². The van der Waals surface area contributed by atoms with E-state index in [4.69, 9.17) is 11.6 Å². The Morgan fingerprint density at radius 2 is 1.64 bits per heavy atom. The van der Waals surface area contributed by atoms with Crippen molar-refractivity contribution in [3.63, 3.8) is 0 Å². The molecule has 7 nitrogen and oxygen atoms in total. The summed E-state index contributed by atoms with van der Waals surface area (Å²) in [7, 11) is 4.32. The van der Waals surface area contributed by atoms with E-state index >= 15 is 0 Å². The second-order valence-electron chi connectivity index (χ2n) is 11.9. The van der Waals surface area contributed by atoms with Crippen molar-refractivity contribution < 1.29 is 4.39 Å². The summed E-state index contributed by atoms with van der Waals surface area (Å²) in [5.41, 5.74) is 1.77. The van der Waals surface area contributed by atoms with Crippen LogP contribution in [0.1, 0.15) is 54.4 Å². The van der Waals surface area contributed by atoms with Crippen LogP contribution < -0.4 is 15.5 Å². The van der Waals surface area contributed by atoms with Gasteiger partial charge in [-0.3, -0.25) is 9.80 Å². The number of anilines is 4. The molecule has 9 heteroatoms. The highest BCUT2D eigenvalue weighted by molar-refractivity contribution is 6.33. The number of aromatic nitrogens is 2. The lowest BCUT2D eigenvalue weighted by molar-refractivity contribution is -0.00778. The molecule has 0 spiro atoms. The molecule has 0 bridgehead atoms. The van der Waals surface area contributed by atoms with E-state index in [2.05, 4.69) is 90.9 Å². The Morgan fingerprint density at radius 3 is 2.25 bits per heavy atom. The zero-order valence-corrected chi connectivity index (χ0v) is 23.6. The second kappa shape index (κ2) is 9.95. The number of nitrogens with zero attached hydrogens (tertiary/aromatic N) is 5.